The molecular weight excluding hydrogens is 332 g/mol. The molecule has 6 heteroatoms. The van der Waals surface area contributed by atoms with E-state index in [0.717, 1.165) is 46.5 Å². The minimum atomic E-state index is -0.118. The van der Waals surface area contributed by atoms with E-state index >= 15 is 0 Å². The van der Waals surface area contributed by atoms with Gasteiger partial charge in [0.1, 0.15) is 0 Å². The number of aromatic nitrogens is 1. The van der Waals surface area contributed by atoms with Gasteiger partial charge in [0.05, 0.1) is 10.2 Å². The number of nitrogen functional groups attached to an aromatic ring is 1. The molecule has 4 atom stereocenters. The third-order valence-corrected chi connectivity index (χ3v) is 6.54. The van der Waals surface area contributed by atoms with Gasteiger partial charge < -0.3 is 16.4 Å². The lowest BCUT2D eigenvalue weighted by atomic mass is 9.63. The molecule has 2 aliphatic rings. The van der Waals surface area contributed by atoms with Crippen LogP contribution in [0.1, 0.15) is 46.0 Å². The standard InChI is InChI=1S/C19H26N4OS/c1-11-5-12-7-13(6-11)10-19(2,9-12)23-18(24)21-14-3-4-15-16(8-14)25-17(20)22-15/h3-4,8,11-13H,5-7,9-10H2,1-2H3,(H2,20,22)(H2,21,23,24)/t11?,12-,13+,19?. The summed E-state index contributed by atoms with van der Waals surface area (Å²) in [6.45, 7) is 4.57. The zero-order chi connectivity index (χ0) is 17.6. The number of nitrogens with one attached hydrogen (secondary N) is 2. The van der Waals surface area contributed by atoms with Crippen molar-refractivity contribution in [3.05, 3.63) is 18.2 Å². The number of carbonyl (C=O) groups excluding carboxylic acids is 1. The summed E-state index contributed by atoms with van der Waals surface area (Å²) in [5.74, 6) is 2.34. The number of benzene rings is 1. The zero-order valence-electron chi connectivity index (χ0n) is 14.8. The van der Waals surface area contributed by atoms with Crippen LogP contribution in [0.25, 0.3) is 10.2 Å². The molecule has 2 unspecified atom stereocenters. The Balaban J connectivity index is 1.42. The Bertz CT molecular complexity index is 784. The molecule has 1 aromatic carbocycles. The summed E-state index contributed by atoms with van der Waals surface area (Å²) in [5, 5.41) is 6.78. The Morgan fingerprint density at radius 2 is 2.00 bits per heavy atom. The molecular formula is C19H26N4OS. The molecule has 2 fully saturated rings. The average molecular weight is 359 g/mol. The van der Waals surface area contributed by atoms with Gasteiger partial charge >= 0.3 is 6.03 Å². The van der Waals surface area contributed by atoms with Crippen LogP contribution in [0.4, 0.5) is 15.6 Å². The predicted octanol–water partition coefficient (Wildman–Crippen LogP) is 4.60. The van der Waals surface area contributed by atoms with Crippen molar-refractivity contribution in [2.75, 3.05) is 11.1 Å². The van der Waals surface area contributed by atoms with E-state index in [1.165, 1.54) is 30.6 Å². The number of anilines is 2. The Kier molecular flexibility index (Phi) is 4.10. The molecule has 0 saturated heterocycles. The molecule has 2 saturated carbocycles. The van der Waals surface area contributed by atoms with Crippen LogP contribution < -0.4 is 16.4 Å². The number of thiazole rings is 1. The van der Waals surface area contributed by atoms with Crippen molar-refractivity contribution in [2.45, 2.75) is 51.5 Å². The number of nitrogens with two attached hydrogens (primary N) is 1. The van der Waals surface area contributed by atoms with Crippen molar-refractivity contribution in [3.63, 3.8) is 0 Å². The van der Waals surface area contributed by atoms with Gasteiger partial charge in [0.2, 0.25) is 0 Å². The molecule has 134 valence electrons. The smallest absolute Gasteiger partial charge is 0.319 e. The van der Waals surface area contributed by atoms with Crippen LogP contribution >= 0.6 is 11.3 Å². The number of carbonyl (C=O) groups is 1. The lowest BCUT2D eigenvalue weighted by Crippen LogP contribution is -2.53. The molecule has 25 heavy (non-hydrogen) atoms. The molecule has 5 nitrogen and oxygen atoms in total. The third-order valence-electron chi connectivity index (χ3n) is 5.69. The molecule has 4 N–H and O–H groups in total. The summed E-state index contributed by atoms with van der Waals surface area (Å²) < 4.78 is 0.989. The van der Waals surface area contributed by atoms with Crippen LogP contribution in [0.5, 0.6) is 0 Å². The lowest BCUT2D eigenvalue weighted by molar-refractivity contribution is 0.0796. The van der Waals surface area contributed by atoms with E-state index in [1.807, 2.05) is 18.2 Å². The summed E-state index contributed by atoms with van der Waals surface area (Å²) in [4.78, 5) is 16.8. The van der Waals surface area contributed by atoms with Gasteiger partial charge in [-0.1, -0.05) is 18.3 Å². The van der Waals surface area contributed by atoms with Gasteiger partial charge in [-0.15, -0.1) is 0 Å². The highest BCUT2D eigenvalue weighted by atomic mass is 32.1. The quantitative estimate of drug-likeness (QED) is 0.733. The maximum absolute atomic E-state index is 12.6. The van der Waals surface area contributed by atoms with Crippen LogP contribution in [-0.2, 0) is 0 Å². The molecule has 1 aromatic heterocycles. The molecule has 1 heterocycles. The molecule has 2 bridgehead atoms. The van der Waals surface area contributed by atoms with Crippen molar-refractivity contribution >= 4 is 38.4 Å². The maximum atomic E-state index is 12.6. The van der Waals surface area contributed by atoms with Gasteiger partial charge in [-0.3, -0.25) is 0 Å². The first-order valence-electron chi connectivity index (χ1n) is 9.14. The SMILES string of the molecule is CC1C[C@@H]2C[C@H](C1)CC(C)(NC(=O)Nc1ccc3nc(N)sc3c1)C2. The Morgan fingerprint density at radius 3 is 2.72 bits per heavy atom. The summed E-state index contributed by atoms with van der Waals surface area (Å²) in [7, 11) is 0. The van der Waals surface area contributed by atoms with Gasteiger partial charge in [-0.25, -0.2) is 9.78 Å². The van der Waals surface area contributed by atoms with Crippen molar-refractivity contribution < 1.29 is 4.79 Å². The minimum Gasteiger partial charge on any atom is -0.375 e. The number of rotatable bonds is 2. The third kappa shape index (κ3) is 3.59. The van der Waals surface area contributed by atoms with Crippen LogP contribution in [0.15, 0.2) is 18.2 Å². The number of hydrogen-bond donors (Lipinski definition) is 3. The van der Waals surface area contributed by atoms with Gasteiger partial charge in [-0.05, 0) is 75.0 Å². The number of nitrogens with zero attached hydrogens (tertiary/aromatic N) is 1. The first kappa shape index (κ1) is 16.6. The first-order valence-corrected chi connectivity index (χ1v) is 9.95. The second-order valence-corrected chi connectivity index (χ2v) is 9.39. The van der Waals surface area contributed by atoms with Crippen molar-refractivity contribution in [1.82, 2.24) is 10.3 Å². The van der Waals surface area contributed by atoms with Gasteiger partial charge in [0, 0.05) is 11.2 Å². The number of amides is 2. The van der Waals surface area contributed by atoms with Crippen LogP contribution in [0, 0.1) is 17.8 Å². The number of hydrogen-bond acceptors (Lipinski definition) is 4. The van der Waals surface area contributed by atoms with Gasteiger partial charge in [-0.2, -0.15) is 0 Å². The maximum Gasteiger partial charge on any atom is 0.319 e. The van der Waals surface area contributed by atoms with E-state index in [2.05, 4.69) is 29.5 Å². The Morgan fingerprint density at radius 1 is 1.28 bits per heavy atom. The van der Waals surface area contributed by atoms with E-state index in [0.29, 0.717) is 5.13 Å². The monoisotopic (exact) mass is 358 g/mol. The fraction of sp³-hybridized carbons (Fsp3) is 0.579. The molecule has 0 aliphatic heterocycles. The molecule has 2 aromatic rings. The zero-order valence-corrected chi connectivity index (χ0v) is 15.7. The average Bonchev–Trinajstić information content (AvgIpc) is 2.84. The minimum absolute atomic E-state index is 0.100. The summed E-state index contributed by atoms with van der Waals surface area (Å²) in [6, 6.07) is 5.59. The topological polar surface area (TPSA) is 80.0 Å². The van der Waals surface area contributed by atoms with Crippen molar-refractivity contribution in [1.29, 1.82) is 0 Å². The van der Waals surface area contributed by atoms with Gasteiger partial charge in [0.15, 0.2) is 5.13 Å². The molecule has 2 amide bonds. The Hall–Kier alpha value is -1.82. The molecule has 2 aliphatic carbocycles. The predicted molar refractivity (Wildman–Crippen MR) is 104 cm³/mol. The largest absolute Gasteiger partial charge is 0.375 e. The number of urea groups is 1. The normalized spacial score (nSPS) is 31.7. The van der Waals surface area contributed by atoms with Crippen molar-refractivity contribution in [2.24, 2.45) is 17.8 Å². The Labute approximate surface area is 152 Å². The summed E-state index contributed by atoms with van der Waals surface area (Å²) in [6.07, 6.45) is 6.13. The van der Waals surface area contributed by atoms with E-state index in [9.17, 15) is 4.79 Å². The van der Waals surface area contributed by atoms with E-state index < -0.39 is 0 Å². The summed E-state index contributed by atoms with van der Waals surface area (Å²) in [5.41, 5.74) is 7.29. The van der Waals surface area contributed by atoms with Gasteiger partial charge in [0.25, 0.3) is 0 Å². The van der Waals surface area contributed by atoms with Crippen molar-refractivity contribution in [3.8, 4) is 0 Å². The second-order valence-electron chi connectivity index (χ2n) is 8.33. The molecule has 0 radical (unpaired) electrons. The van der Waals surface area contributed by atoms with E-state index in [-0.39, 0.29) is 11.6 Å². The van der Waals surface area contributed by atoms with E-state index in [1.54, 1.807) is 0 Å². The fourth-order valence-corrected chi connectivity index (χ4v) is 5.92. The lowest BCUT2D eigenvalue weighted by Gasteiger charge is -2.47. The van der Waals surface area contributed by atoms with E-state index in [4.69, 9.17) is 5.73 Å². The second kappa shape index (κ2) is 6.16. The summed E-state index contributed by atoms with van der Waals surface area (Å²) >= 11 is 1.43. The van der Waals surface area contributed by atoms with Crippen LogP contribution in [0.3, 0.4) is 0 Å². The highest BCUT2D eigenvalue weighted by Gasteiger charge is 2.41. The first-order chi connectivity index (χ1) is 11.9. The fourth-order valence-electron chi connectivity index (χ4n) is 5.15. The molecule has 0 spiro atoms. The molecule has 4 rings (SSSR count). The highest BCUT2D eigenvalue weighted by molar-refractivity contribution is 7.22. The number of fused-ring (bicyclic) bond motifs is 3. The highest BCUT2D eigenvalue weighted by Crippen LogP contribution is 2.46. The van der Waals surface area contributed by atoms with Crippen LogP contribution in [0.2, 0.25) is 0 Å². The van der Waals surface area contributed by atoms with Crippen LogP contribution in [-0.4, -0.2) is 16.6 Å².